The molecule has 0 heterocycles. The molecule has 92 valence electrons. The second-order valence-electron chi connectivity index (χ2n) is 3.99. The predicted molar refractivity (Wildman–Crippen MR) is 77.7 cm³/mol. The van der Waals surface area contributed by atoms with Crippen LogP contribution in [0.1, 0.15) is 15.9 Å². The molecule has 0 bridgehead atoms. The summed E-state index contributed by atoms with van der Waals surface area (Å²) in [6, 6.07) is 12.5. The topological polar surface area (TPSA) is 55.1 Å². The maximum atomic E-state index is 12.0. The largest absolute Gasteiger partial charge is 0.399 e. The minimum atomic E-state index is -0.142. The zero-order valence-electron chi connectivity index (χ0n) is 9.91. The number of anilines is 2. The van der Waals surface area contributed by atoms with Gasteiger partial charge in [-0.15, -0.1) is 0 Å². The van der Waals surface area contributed by atoms with Crippen molar-refractivity contribution in [2.24, 2.45) is 0 Å². The molecule has 0 atom stereocenters. The van der Waals surface area contributed by atoms with Crippen molar-refractivity contribution in [2.75, 3.05) is 11.1 Å². The van der Waals surface area contributed by atoms with Crippen molar-refractivity contribution in [3.8, 4) is 0 Å². The van der Waals surface area contributed by atoms with Crippen molar-refractivity contribution in [3.63, 3.8) is 0 Å². The maximum absolute atomic E-state index is 12.0. The van der Waals surface area contributed by atoms with Crippen LogP contribution >= 0.6 is 15.9 Å². The van der Waals surface area contributed by atoms with Gasteiger partial charge in [0.25, 0.3) is 5.91 Å². The van der Waals surface area contributed by atoms with E-state index in [-0.39, 0.29) is 5.91 Å². The molecular weight excluding hydrogens is 292 g/mol. The van der Waals surface area contributed by atoms with Gasteiger partial charge in [-0.3, -0.25) is 4.79 Å². The molecule has 0 radical (unpaired) electrons. The molecule has 0 spiro atoms. The van der Waals surface area contributed by atoms with Gasteiger partial charge in [-0.1, -0.05) is 22.0 Å². The molecule has 0 saturated carbocycles. The van der Waals surface area contributed by atoms with Crippen molar-refractivity contribution in [1.82, 2.24) is 0 Å². The van der Waals surface area contributed by atoms with Crippen LogP contribution in [0.2, 0.25) is 0 Å². The summed E-state index contributed by atoms with van der Waals surface area (Å²) in [7, 11) is 0. The van der Waals surface area contributed by atoms with Crippen LogP contribution < -0.4 is 11.1 Å². The van der Waals surface area contributed by atoms with Gasteiger partial charge < -0.3 is 11.1 Å². The van der Waals surface area contributed by atoms with Crippen molar-refractivity contribution in [3.05, 3.63) is 58.1 Å². The summed E-state index contributed by atoms with van der Waals surface area (Å²) < 4.78 is 0.970. The fourth-order valence-corrected chi connectivity index (χ4v) is 1.94. The van der Waals surface area contributed by atoms with Gasteiger partial charge >= 0.3 is 0 Å². The molecule has 2 rings (SSSR count). The molecule has 1 amide bonds. The minimum Gasteiger partial charge on any atom is -0.399 e. The average molecular weight is 305 g/mol. The Balaban J connectivity index is 2.21. The summed E-state index contributed by atoms with van der Waals surface area (Å²) in [6.45, 7) is 1.95. The first-order valence-corrected chi connectivity index (χ1v) is 6.29. The molecule has 2 aromatic carbocycles. The van der Waals surface area contributed by atoms with Crippen LogP contribution in [0.4, 0.5) is 11.4 Å². The lowest BCUT2D eigenvalue weighted by Gasteiger charge is -2.09. The lowest BCUT2D eigenvalue weighted by Crippen LogP contribution is -2.12. The Morgan fingerprint density at radius 1 is 1.17 bits per heavy atom. The molecule has 4 heteroatoms. The molecule has 0 aliphatic rings. The molecular formula is C14H13BrN2O. The van der Waals surface area contributed by atoms with Crippen LogP contribution in [0.5, 0.6) is 0 Å². The Morgan fingerprint density at radius 3 is 2.50 bits per heavy atom. The summed E-state index contributed by atoms with van der Waals surface area (Å²) in [5, 5.41) is 2.88. The lowest BCUT2D eigenvalue weighted by molar-refractivity contribution is 0.102. The SMILES string of the molecule is Cc1c(Br)cccc1NC(=O)c1ccc(N)cc1. The minimum absolute atomic E-state index is 0.142. The van der Waals surface area contributed by atoms with Crippen molar-refractivity contribution in [2.45, 2.75) is 6.92 Å². The Bertz CT molecular complexity index is 579. The van der Waals surface area contributed by atoms with Gasteiger partial charge in [0.05, 0.1) is 0 Å². The molecule has 0 saturated heterocycles. The highest BCUT2D eigenvalue weighted by atomic mass is 79.9. The number of carbonyl (C=O) groups is 1. The van der Waals surface area contributed by atoms with Crippen LogP contribution in [0.25, 0.3) is 0 Å². The smallest absolute Gasteiger partial charge is 0.255 e. The van der Waals surface area contributed by atoms with E-state index in [0.717, 1.165) is 15.7 Å². The van der Waals surface area contributed by atoms with Gasteiger partial charge in [-0.2, -0.15) is 0 Å². The van der Waals surface area contributed by atoms with E-state index in [1.807, 2.05) is 25.1 Å². The van der Waals surface area contributed by atoms with Gasteiger partial charge in [0.15, 0.2) is 0 Å². The van der Waals surface area contributed by atoms with E-state index < -0.39 is 0 Å². The zero-order chi connectivity index (χ0) is 13.1. The number of carbonyl (C=O) groups excluding carboxylic acids is 1. The third-order valence-electron chi connectivity index (χ3n) is 2.69. The molecule has 0 aromatic heterocycles. The fraction of sp³-hybridized carbons (Fsp3) is 0.0714. The van der Waals surface area contributed by atoms with Gasteiger partial charge in [-0.05, 0) is 48.9 Å². The quantitative estimate of drug-likeness (QED) is 0.833. The zero-order valence-corrected chi connectivity index (χ0v) is 11.5. The summed E-state index contributed by atoms with van der Waals surface area (Å²) in [5.41, 5.74) is 8.61. The Hall–Kier alpha value is -1.81. The average Bonchev–Trinajstić information content (AvgIpc) is 2.36. The number of halogens is 1. The molecule has 0 fully saturated rings. The second kappa shape index (κ2) is 5.23. The monoisotopic (exact) mass is 304 g/mol. The number of amides is 1. The van der Waals surface area contributed by atoms with E-state index in [9.17, 15) is 4.79 Å². The van der Waals surface area contributed by atoms with Crippen molar-refractivity contribution >= 4 is 33.2 Å². The molecule has 3 N–H and O–H groups in total. The summed E-state index contributed by atoms with van der Waals surface area (Å²) in [5.74, 6) is -0.142. The fourth-order valence-electron chi connectivity index (χ4n) is 1.57. The van der Waals surface area contributed by atoms with Gasteiger partial charge in [0.1, 0.15) is 0 Å². The molecule has 0 unspecified atom stereocenters. The van der Waals surface area contributed by atoms with Crippen molar-refractivity contribution < 1.29 is 4.79 Å². The Morgan fingerprint density at radius 2 is 1.83 bits per heavy atom. The molecule has 18 heavy (non-hydrogen) atoms. The van der Waals surface area contributed by atoms with E-state index in [4.69, 9.17) is 5.73 Å². The highest BCUT2D eigenvalue weighted by molar-refractivity contribution is 9.10. The summed E-state index contributed by atoms with van der Waals surface area (Å²) in [6.07, 6.45) is 0. The molecule has 3 nitrogen and oxygen atoms in total. The molecule has 2 aromatic rings. The molecule has 0 aliphatic carbocycles. The number of hydrogen-bond acceptors (Lipinski definition) is 2. The normalized spacial score (nSPS) is 10.1. The van der Waals surface area contributed by atoms with Crippen LogP contribution in [0.3, 0.4) is 0 Å². The van der Waals surface area contributed by atoms with Crippen LogP contribution in [-0.2, 0) is 0 Å². The van der Waals surface area contributed by atoms with E-state index in [2.05, 4.69) is 21.2 Å². The second-order valence-corrected chi connectivity index (χ2v) is 4.84. The van der Waals surface area contributed by atoms with E-state index in [1.54, 1.807) is 24.3 Å². The first-order valence-electron chi connectivity index (χ1n) is 5.50. The Labute approximate surface area is 114 Å². The number of benzene rings is 2. The van der Waals surface area contributed by atoms with Gasteiger partial charge in [0.2, 0.25) is 0 Å². The third kappa shape index (κ3) is 2.71. The highest BCUT2D eigenvalue weighted by Crippen LogP contribution is 2.23. The predicted octanol–water partition coefficient (Wildman–Crippen LogP) is 3.59. The number of nitrogens with one attached hydrogen (secondary N) is 1. The van der Waals surface area contributed by atoms with Crippen LogP contribution in [0, 0.1) is 6.92 Å². The van der Waals surface area contributed by atoms with Gasteiger partial charge in [-0.25, -0.2) is 0 Å². The summed E-state index contributed by atoms with van der Waals surface area (Å²) in [4.78, 5) is 12.0. The number of hydrogen-bond donors (Lipinski definition) is 2. The van der Waals surface area contributed by atoms with Crippen LogP contribution in [0.15, 0.2) is 46.9 Å². The van der Waals surface area contributed by atoms with E-state index >= 15 is 0 Å². The summed E-state index contributed by atoms with van der Waals surface area (Å²) >= 11 is 3.43. The van der Waals surface area contributed by atoms with E-state index in [1.165, 1.54) is 0 Å². The van der Waals surface area contributed by atoms with Crippen LogP contribution in [-0.4, -0.2) is 5.91 Å². The first kappa shape index (κ1) is 12.6. The lowest BCUT2D eigenvalue weighted by atomic mass is 10.1. The van der Waals surface area contributed by atoms with E-state index in [0.29, 0.717) is 11.3 Å². The third-order valence-corrected chi connectivity index (χ3v) is 3.55. The number of rotatable bonds is 2. The number of nitrogens with two attached hydrogens (primary N) is 1. The Kier molecular flexibility index (Phi) is 3.67. The van der Waals surface area contributed by atoms with Crippen molar-refractivity contribution in [1.29, 1.82) is 0 Å². The maximum Gasteiger partial charge on any atom is 0.255 e. The standard InChI is InChI=1S/C14H13BrN2O/c1-9-12(15)3-2-4-13(9)17-14(18)10-5-7-11(16)8-6-10/h2-8H,16H2,1H3,(H,17,18). The molecule has 0 aliphatic heterocycles. The first-order chi connectivity index (χ1) is 8.58. The number of nitrogen functional groups attached to an aromatic ring is 1. The highest BCUT2D eigenvalue weighted by Gasteiger charge is 2.08. The van der Waals surface area contributed by atoms with Gasteiger partial charge in [0, 0.05) is 21.4 Å².